The van der Waals surface area contributed by atoms with Gasteiger partial charge in [-0.05, 0) is 52.1 Å². The molecule has 210 valence electrons. The molecule has 0 fully saturated rings. The lowest BCUT2D eigenvalue weighted by molar-refractivity contribution is -0.155. The maximum absolute atomic E-state index is 13.6. The standard InChI is InChI=1S/C32H29NO7S/c1-38-31(34)28(19-33)30(21-15-17-22(18-16-21)40-41(36,37)23-9-3-2-4-10-23)32(35)39-20-29-26-13-7-5-11-24(26)25-12-6-8-14-27(25)29/h2-18,28-30H,19-20,33H2,1H3. The largest absolute Gasteiger partial charge is 0.469 e. The van der Waals surface area contributed by atoms with Gasteiger partial charge in [0.15, 0.2) is 0 Å². The molecule has 0 aromatic heterocycles. The highest BCUT2D eigenvalue weighted by Crippen LogP contribution is 2.44. The van der Waals surface area contributed by atoms with E-state index in [4.69, 9.17) is 19.4 Å². The summed E-state index contributed by atoms with van der Waals surface area (Å²) < 4.78 is 41.3. The van der Waals surface area contributed by atoms with Crippen LogP contribution >= 0.6 is 0 Å². The Kier molecular flexibility index (Phi) is 8.19. The molecule has 5 rings (SSSR count). The maximum atomic E-state index is 13.6. The summed E-state index contributed by atoms with van der Waals surface area (Å²) in [6.45, 7) is -0.0967. The lowest BCUT2D eigenvalue weighted by Gasteiger charge is -2.24. The first-order valence-electron chi connectivity index (χ1n) is 13.1. The van der Waals surface area contributed by atoms with Crippen molar-refractivity contribution in [3.8, 4) is 16.9 Å². The third-order valence-corrected chi connectivity index (χ3v) is 8.51. The van der Waals surface area contributed by atoms with E-state index in [1.807, 2.05) is 48.5 Å². The molecule has 9 heteroatoms. The van der Waals surface area contributed by atoms with Gasteiger partial charge in [0, 0.05) is 12.5 Å². The van der Waals surface area contributed by atoms with Gasteiger partial charge in [0.05, 0.1) is 18.9 Å². The fourth-order valence-corrected chi connectivity index (χ4v) is 6.19. The summed E-state index contributed by atoms with van der Waals surface area (Å²) in [7, 11) is -2.83. The lowest BCUT2D eigenvalue weighted by Crippen LogP contribution is -2.36. The molecule has 0 heterocycles. The number of esters is 2. The second kappa shape index (κ2) is 12.0. The molecule has 41 heavy (non-hydrogen) atoms. The van der Waals surface area contributed by atoms with Crippen LogP contribution < -0.4 is 9.92 Å². The average Bonchev–Trinajstić information content (AvgIpc) is 3.32. The van der Waals surface area contributed by atoms with Gasteiger partial charge in [0.1, 0.15) is 17.3 Å². The van der Waals surface area contributed by atoms with E-state index in [1.54, 1.807) is 18.2 Å². The number of hydrogen-bond acceptors (Lipinski definition) is 8. The molecule has 2 unspecified atom stereocenters. The molecule has 1 aliphatic rings. The highest BCUT2D eigenvalue weighted by Gasteiger charge is 2.37. The fraction of sp³-hybridized carbons (Fsp3) is 0.188. The van der Waals surface area contributed by atoms with Crippen LogP contribution in [0.5, 0.6) is 5.75 Å². The van der Waals surface area contributed by atoms with Gasteiger partial charge in [0.2, 0.25) is 0 Å². The van der Waals surface area contributed by atoms with Crippen LogP contribution in [0.15, 0.2) is 108 Å². The summed E-state index contributed by atoms with van der Waals surface area (Å²) in [5.74, 6) is -3.52. The van der Waals surface area contributed by atoms with E-state index in [0.29, 0.717) is 5.56 Å². The van der Waals surface area contributed by atoms with Gasteiger partial charge >= 0.3 is 22.1 Å². The van der Waals surface area contributed by atoms with Gasteiger partial charge in [-0.25, -0.2) is 0 Å². The molecule has 0 radical (unpaired) electrons. The summed E-state index contributed by atoms with van der Waals surface area (Å²) >= 11 is 0. The van der Waals surface area contributed by atoms with E-state index >= 15 is 0 Å². The quantitative estimate of drug-likeness (QED) is 0.216. The van der Waals surface area contributed by atoms with Crippen molar-refractivity contribution >= 4 is 22.1 Å². The molecule has 0 spiro atoms. The third kappa shape index (κ3) is 5.73. The normalized spacial score (nSPS) is 13.9. The van der Waals surface area contributed by atoms with Gasteiger partial charge < -0.3 is 19.4 Å². The van der Waals surface area contributed by atoms with Crippen molar-refractivity contribution in [2.45, 2.75) is 16.7 Å². The first kappa shape index (κ1) is 28.1. The number of methoxy groups -OCH3 is 1. The molecule has 0 bridgehead atoms. The first-order valence-corrected chi connectivity index (χ1v) is 14.5. The molecule has 2 N–H and O–H groups in total. The Morgan fingerprint density at radius 2 is 1.34 bits per heavy atom. The number of rotatable bonds is 10. The van der Waals surface area contributed by atoms with Gasteiger partial charge in [-0.15, -0.1) is 0 Å². The number of hydrogen-bond donors (Lipinski definition) is 1. The van der Waals surface area contributed by atoms with Crippen LogP contribution in [-0.4, -0.2) is 40.6 Å². The molecular formula is C32H29NO7S. The number of nitrogens with two attached hydrogens (primary N) is 1. The van der Waals surface area contributed by atoms with Gasteiger partial charge in [-0.2, -0.15) is 8.42 Å². The minimum Gasteiger partial charge on any atom is -0.469 e. The van der Waals surface area contributed by atoms with Crippen LogP contribution in [0, 0.1) is 5.92 Å². The Hall–Kier alpha value is -4.47. The average molecular weight is 572 g/mol. The van der Waals surface area contributed by atoms with Crippen molar-refractivity contribution < 1.29 is 31.7 Å². The van der Waals surface area contributed by atoms with E-state index in [1.165, 1.54) is 43.5 Å². The molecule has 4 aromatic carbocycles. The predicted molar refractivity (Wildman–Crippen MR) is 153 cm³/mol. The fourth-order valence-electron chi connectivity index (χ4n) is 5.24. The Morgan fingerprint density at radius 3 is 1.90 bits per heavy atom. The van der Waals surface area contributed by atoms with E-state index in [-0.39, 0.29) is 29.7 Å². The summed E-state index contributed by atoms with van der Waals surface area (Å²) in [4.78, 5) is 26.3. The number of benzene rings is 4. The summed E-state index contributed by atoms with van der Waals surface area (Å²) in [6, 6.07) is 29.6. The highest BCUT2D eigenvalue weighted by atomic mass is 32.2. The molecular weight excluding hydrogens is 542 g/mol. The zero-order chi connectivity index (χ0) is 29.0. The summed E-state index contributed by atoms with van der Waals surface area (Å²) in [5.41, 5.74) is 10.6. The predicted octanol–water partition coefficient (Wildman–Crippen LogP) is 4.64. The van der Waals surface area contributed by atoms with Crippen molar-refractivity contribution in [1.82, 2.24) is 0 Å². The zero-order valence-corrected chi connectivity index (χ0v) is 23.1. The van der Waals surface area contributed by atoms with Gasteiger partial charge in [-0.1, -0.05) is 78.9 Å². The van der Waals surface area contributed by atoms with Crippen LogP contribution in [0.2, 0.25) is 0 Å². The first-order chi connectivity index (χ1) is 19.8. The number of carbonyl (C=O) groups excluding carboxylic acids is 2. The number of carbonyl (C=O) groups is 2. The minimum atomic E-state index is -4.05. The molecule has 0 saturated heterocycles. The Balaban J connectivity index is 1.39. The summed E-state index contributed by atoms with van der Waals surface area (Å²) in [5, 5.41) is 0. The Morgan fingerprint density at radius 1 is 0.780 bits per heavy atom. The van der Waals surface area contributed by atoms with Crippen LogP contribution in [0.1, 0.15) is 28.5 Å². The van der Waals surface area contributed by atoms with Crippen molar-refractivity contribution in [2.24, 2.45) is 11.7 Å². The molecule has 0 saturated carbocycles. The van der Waals surface area contributed by atoms with Crippen molar-refractivity contribution in [3.05, 3.63) is 120 Å². The van der Waals surface area contributed by atoms with Crippen molar-refractivity contribution in [1.29, 1.82) is 0 Å². The van der Waals surface area contributed by atoms with Crippen molar-refractivity contribution in [2.75, 3.05) is 20.3 Å². The highest BCUT2D eigenvalue weighted by molar-refractivity contribution is 7.87. The van der Waals surface area contributed by atoms with Crippen LogP contribution in [0.4, 0.5) is 0 Å². The second-order valence-corrected chi connectivity index (χ2v) is 11.2. The van der Waals surface area contributed by atoms with Crippen LogP contribution in [-0.2, 0) is 29.2 Å². The molecule has 0 aliphatic heterocycles. The lowest BCUT2D eigenvalue weighted by atomic mass is 9.85. The molecule has 4 aromatic rings. The van der Waals surface area contributed by atoms with E-state index < -0.39 is 33.9 Å². The summed E-state index contributed by atoms with van der Waals surface area (Å²) in [6.07, 6.45) is 0. The maximum Gasteiger partial charge on any atom is 0.339 e. The SMILES string of the molecule is COC(=O)C(CN)C(C(=O)OCC1c2ccccc2-c2ccccc21)c1ccc(OS(=O)(=O)c2ccccc2)cc1. The van der Waals surface area contributed by atoms with Gasteiger partial charge in [0.25, 0.3) is 0 Å². The molecule has 0 amide bonds. The minimum absolute atomic E-state index is 0.00878. The van der Waals surface area contributed by atoms with E-state index in [9.17, 15) is 18.0 Å². The topological polar surface area (TPSA) is 122 Å². The zero-order valence-electron chi connectivity index (χ0n) is 22.3. The van der Waals surface area contributed by atoms with E-state index in [2.05, 4.69) is 0 Å². The third-order valence-electron chi connectivity index (χ3n) is 7.25. The molecule has 8 nitrogen and oxygen atoms in total. The van der Waals surface area contributed by atoms with Gasteiger partial charge in [-0.3, -0.25) is 9.59 Å². The van der Waals surface area contributed by atoms with Crippen LogP contribution in [0.3, 0.4) is 0 Å². The molecule has 1 aliphatic carbocycles. The Labute approximate surface area is 238 Å². The monoisotopic (exact) mass is 571 g/mol. The van der Waals surface area contributed by atoms with Crippen LogP contribution in [0.25, 0.3) is 11.1 Å². The molecule has 2 atom stereocenters. The number of fused-ring (bicyclic) bond motifs is 3. The number of ether oxygens (including phenoxy) is 2. The van der Waals surface area contributed by atoms with Crippen molar-refractivity contribution in [3.63, 3.8) is 0 Å². The second-order valence-electron chi connectivity index (χ2n) is 9.62. The van der Waals surface area contributed by atoms with E-state index in [0.717, 1.165) is 22.3 Å². The Bertz CT molecular complexity index is 1610. The smallest absolute Gasteiger partial charge is 0.339 e.